The summed E-state index contributed by atoms with van der Waals surface area (Å²) in [6.45, 7) is 3.19. The van der Waals surface area contributed by atoms with Crippen molar-refractivity contribution in [3.05, 3.63) is 28.8 Å². The number of rotatable bonds is 3. The van der Waals surface area contributed by atoms with Gasteiger partial charge < -0.3 is 11.1 Å². The van der Waals surface area contributed by atoms with Crippen molar-refractivity contribution in [2.45, 2.75) is 32.0 Å². The van der Waals surface area contributed by atoms with Crippen molar-refractivity contribution in [3.8, 4) is 0 Å². The van der Waals surface area contributed by atoms with Gasteiger partial charge in [0.15, 0.2) is 0 Å². The first-order valence-electron chi connectivity index (χ1n) is 5.55. The molecule has 106 valence electrons. The molecule has 3 N–H and O–H groups in total. The van der Waals surface area contributed by atoms with E-state index < -0.39 is 23.2 Å². The maximum absolute atomic E-state index is 12.6. The number of alkyl halides is 3. The van der Waals surface area contributed by atoms with Crippen LogP contribution in [0.4, 0.5) is 18.9 Å². The van der Waals surface area contributed by atoms with E-state index in [1.54, 1.807) is 6.92 Å². The summed E-state index contributed by atoms with van der Waals surface area (Å²) in [6, 6.07) is 2.71. The summed E-state index contributed by atoms with van der Waals surface area (Å²) in [4.78, 5) is 11.8. The third-order valence-electron chi connectivity index (χ3n) is 2.80. The summed E-state index contributed by atoms with van der Waals surface area (Å²) in [5, 5.41) is 2.34. The molecule has 1 aromatic carbocycles. The fourth-order valence-corrected chi connectivity index (χ4v) is 1.39. The standard InChI is InChI=1S/C12H14ClF3N2O/c1-3-11(2,17)10(19)18-9-6-7(12(14,15)16)4-5-8(9)13/h4-6H,3,17H2,1-2H3,(H,18,19). The Labute approximate surface area is 113 Å². The van der Waals surface area contributed by atoms with Crippen LogP contribution in [-0.4, -0.2) is 11.4 Å². The summed E-state index contributed by atoms with van der Waals surface area (Å²) in [5.74, 6) is -0.587. The van der Waals surface area contributed by atoms with Crippen molar-refractivity contribution in [2.75, 3.05) is 5.32 Å². The van der Waals surface area contributed by atoms with Gasteiger partial charge in [-0.25, -0.2) is 0 Å². The van der Waals surface area contributed by atoms with Gasteiger partial charge in [-0.15, -0.1) is 0 Å². The molecule has 0 aromatic heterocycles. The average Bonchev–Trinajstić information content (AvgIpc) is 2.30. The first-order chi connectivity index (χ1) is 8.58. The van der Waals surface area contributed by atoms with Gasteiger partial charge in [0.1, 0.15) is 0 Å². The van der Waals surface area contributed by atoms with E-state index in [1.165, 1.54) is 6.92 Å². The maximum Gasteiger partial charge on any atom is 0.416 e. The second-order valence-electron chi connectivity index (χ2n) is 4.42. The topological polar surface area (TPSA) is 55.1 Å². The smallest absolute Gasteiger partial charge is 0.323 e. The molecule has 3 nitrogen and oxygen atoms in total. The lowest BCUT2D eigenvalue weighted by atomic mass is 9.99. The number of anilines is 1. The SMILES string of the molecule is CCC(C)(N)C(=O)Nc1cc(C(F)(F)F)ccc1Cl. The van der Waals surface area contributed by atoms with Gasteiger partial charge in [0.2, 0.25) is 5.91 Å². The highest BCUT2D eigenvalue weighted by Gasteiger charge is 2.32. The van der Waals surface area contributed by atoms with Gasteiger partial charge >= 0.3 is 6.18 Å². The fourth-order valence-electron chi connectivity index (χ4n) is 1.22. The summed E-state index contributed by atoms with van der Waals surface area (Å²) in [6.07, 6.45) is -4.16. The number of halogens is 4. The Morgan fingerprint density at radius 1 is 1.42 bits per heavy atom. The lowest BCUT2D eigenvalue weighted by molar-refractivity contribution is -0.137. The van der Waals surface area contributed by atoms with Gasteiger partial charge in [-0.05, 0) is 31.5 Å². The lowest BCUT2D eigenvalue weighted by Gasteiger charge is -2.22. The van der Waals surface area contributed by atoms with Crippen LogP contribution in [0.2, 0.25) is 5.02 Å². The Balaban J connectivity index is 3.05. The van der Waals surface area contributed by atoms with Crippen LogP contribution < -0.4 is 11.1 Å². The molecule has 0 aliphatic heterocycles. The molecule has 0 aliphatic rings. The molecule has 1 amide bonds. The van der Waals surface area contributed by atoms with Gasteiger partial charge in [-0.1, -0.05) is 18.5 Å². The number of hydrogen-bond donors (Lipinski definition) is 2. The zero-order chi connectivity index (χ0) is 14.8. The van der Waals surface area contributed by atoms with Crippen molar-refractivity contribution in [1.82, 2.24) is 0 Å². The molecule has 0 bridgehead atoms. The molecule has 0 heterocycles. The molecule has 0 radical (unpaired) electrons. The number of nitrogens with two attached hydrogens (primary N) is 1. The van der Waals surface area contributed by atoms with Gasteiger partial charge in [0.25, 0.3) is 0 Å². The Kier molecular flexibility index (Phi) is 4.47. The highest BCUT2D eigenvalue weighted by atomic mass is 35.5. The first kappa shape index (κ1) is 15.8. The highest BCUT2D eigenvalue weighted by molar-refractivity contribution is 6.33. The van der Waals surface area contributed by atoms with Crippen LogP contribution in [0.25, 0.3) is 0 Å². The number of amides is 1. The minimum absolute atomic E-state index is 0.0215. The molecule has 0 aliphatic carbocycles. The molecular weight excluding hydrogens is 281 g/mol. The molecular formula is C12H14ClF3N2O. The Hall–Kier alpha value is -1.27. The van der Waals surface area contributed by atoms with Crippen LogP contribution in [0, 0.1) is 0 Å². The van der Waals surface area contributed by atoms with E-state index >= 15 is 0 Å². The quantitative estimate of drug-likeness (QED) is 0.897. The largest absolute Gasteiger partial charge is 0.416 e. The van der Waals surface area contributed by atoms with E-state index in [2.05, 4.69) is 5.32 Å². The molecule has 0 saturated heterocycles. The Bertz CT molecular complexity index is 486. The molecule has 0 spiro atoms. The molecule has 1 atom stereocenters. The van der Waals surface area contributed by atoms with Crippen LogP contribution in [0.1, 0.15) is 25.8 Å². The number of nitrogens with one attached hydrogen (secondary N) is 1. The monoisotopic (exact) mass is 294 g/mol. The third-order valence-corrected chi connectivity index (χ3v) is 3.12. The third kappa shape index (κ3) is 3.84. The summed E-state index contributed by atoms with van der Waals surface area (Å²) in [5.41, 5.74) is 3.54. The minimum Gasteiger partial charge on any atom is -0.323 e. The van der Waals surface area contributed by atoms with Crippen molar-refractivity contribution in [2.24, 2.45) is 5.73 Å². The van der Waals surface area contributed by atoms with Crippen LogP contribution in [-0.2, 0) is 11.0 Å². The minimum atomic E-state index is -4.50. The molecule has 0 fully saturated rings. The van der Waals surface area contributed by atoms with Gasteiger partial charge in [-0.3, -0.25) is 4.79 Å². The van der Waals surface area contributed by atoms with Crippen molar-refractivity contribution in [1.29, 1.82) is 0 Å². The zero-order valence-electron chi connectivity index (χ0n) is 10.4. The number of hydrogen-bond acceptors (Lipinski definition) is 2. The average molecular weight is 295 g/mol. The van der Waals surface area contributed by atoms with E-state index in [4.69, 9.17) is 17.3 Å². The normalized spacial score (nSPS) is 14.9. The summed E-state index contributed by atoms with van der Waals surface area (Å²) < 4.78 is 37.7. The van der Waals surface area contributed by atoms with Gasteiger partial charge in [0.05, 0.1) is 21.8 Å². The van der Waals surface area contributed by atoms with Gasteiger partial charge in [0, 0.05) is 0 Å². The van der Waals surface area contributed by atoms with Gasteiger partial charge in [-0.2, -0.15) is 13.2 Å². The maximum atomic E-state index is 12.6. The lowest BCUT2D eigenvalue weighted by Crippen LogP contribution is -2.47. The van der Waals surface area contributed by atoms with Crippen LogP contribution >= 0.6 is 11.6 Å². The van der Waals surface area contributed by atoms with Crippen LogP contribution in [0.3, 0.4) is 0 Å². The Morgan fingerprint density at radius 3 is 2.47 bits per heavy atom. The highest BCUT2D eigenvalue weighted by Crippen LogP contribution is 2.34. The van der Waals surface area contributed by atoms with E-state index in [9.17, 15) is 18.0 Å². The molecule has 1 rings (SSSR count). The molecule has 1 aromatic rings. The van der Waals surface area contributed by atoms with Crippen molar-refractivity contribution >= 4 is 23.2 Å². The molecule has 7 heteroatoms. The van der Waals surface area contributed by atoms with Crippen LogP contribution in [0.5, 0.6) is 0 Å². The predicted octanol–water partition coefficient (Wildman–Crippen LogP) is 3.42. The summed E-state index contributed by atoms with van der Waals surface area (Å²) in [7, 11) is 0. The van der Waals surface area contributed by atoms with E-state index in [1.807, 2.05) is 0 Å². The molecule has 0 saturated carbocycles. The Morgan fingerprint density at radius 2 is 2.00 bits per heavy atom. The second kappa shape index (κ2) is 5.38. The van der Waals surface area contributed by atoms with E-state index in [-0.39, 0.29) is 10.7 Å². The fraction of sp³-hybridized carbons (Fsp3) is 0.417. The zero-order valence-corrected chi connectivity index (χ0v) is 11.2. The van der Waals surface area contributed by atoms with E-state index in [0.29, 0.717) is 6.42 Å². The molecule has 19 heavy (non-hydrogen) atoms. The van der Waals surface area contributed by atoms with E-state index in [0.717, 1.165) is 18.2 Å². The van der Waals surface area contributed by atoms with Crippen molar-refractivity contribution < 1.29 is 18.0 Å². The summed E-state index contributed by atoms with van der Waals surface area (Å²) >= 11 is 5.76. The first-order valence-corrected chi connectivity index (χ1v) is 5.93. The second-order valence-corrected chi connectivity index (χ2v) is 4.82. The number of benzene rings is 1. The predicted molar refractivity (Wildman–Crippen MR) is 68.0 cm³/mol. The number of carbonyl (C=O) groups is 1. The van der Waals surface area contributed by atoms with Crippen molar-refractivity contribution in [3.63, 3.8) is 0 Å². The van der Waals surface area contributed by atoms with Crippen LogP contribution in [0.15, 0.2) is 18.2 Å². The molecule has 1 unspecified atom stereocenters. The number of carbonyl (C=O) groups excluding carboxylic acids is 1.